The normalized spacial score (nSPS) is 14.6. The van der Waals surface area contributed by atoms with E-state index in [1.54, 1.807) is 0 Å². The van der Waals surface area contributed by atoms with Gasteiger partial charge in [-0.25, -0.2) is 0 Å². The quantitative estimate of drug-likeness (QED) is 0.557. The molecule has 0 aromatic rings. The Bertz CT molecular complexity index is 160. The first-order chi connectivity index (χ1) is 6.87. The Kier molecular flexibility index (Phi) is 7.09. The molecule has 0 aromatic heterocycles. The van der Waals surface area contributed by atoms with Gasteiger partial charge in [-0.3, -0.25) is 0 Å². The van der Waals surface area contributed by atoms with E-state index in [4.69, 9.17) is 9.84 Å². The highest BCUT2D eigenvalue weighted by atomic mass is 16.5. The monoisotopic (exact) mass is 219 g/mol. The van der Waals surface area contributed by atoms with E-state index in [9.17, 15) is 5.11 Å². The zero-order chi connectivity index (χ0) is 11.9. The van der Waals surface area contributed by atoms with Gasteiger partial charge in [-0.2, -0.15) is 0 Å². The van der Waals surface area contributed by atoms with Gasteiger partial charge in [0.25, 0.3) is 0 Å². The molecule has 0 radical (unpaired) electrons. The first kappa shape index (κ1) is 14.8. The predicted molar refractivity (Wildman–Crippen MR) is 60.9 cm³/mol. The van der Waals surface area contributed by atoms with E-state index in [0.717, 1.165) is 0 Å². The maximum Gasteiger partial charge on any atom is 0.0898 e. The van der Waals surface area contributed by atoms with Crippen LogP contribution in [0.3, 0.4) is 0 Å². The van der Waals surface area contributed by atoms with Gasteiger partial charge in [0.15, 0.2) is 0 Å². The number of hydrogen-bond donors (Lipinski definition) is 3. The van der Waals surface area contributed by atoms with Crippen molar-refractivity contribution < 1.29 is 14.9 Å². The second-order valence-corrected chi connectivity index (χ2v) is 4.77. The first-order valence-corrected chi connectivity index (χ1v) is 5.53. The average molecular weight is 219 g/mol. The number of nitrogens with one attached hydrogen (secondary N) is 1. The van der Waals surface area contributed by atoms with Crippen molar-refractivity contribution in [3.63, 3.8) is 0 Å². The zero-order valence-corrected chi connectivity index (χ0v) is 10.3. The highest BCUT2D eigenvalue weighted by Gasteiger charge is 2.17. The molecule has 0 fully saturated rings. The van der Waals surface area contributed by atoms with E-state index in [2.05, 4.69) is 5.32 Å². The summed E-state index contributed by atoms with van der Waals surface area (Å²) >= 11 is 0. The van der Waals surface area contributed by atoms with Crippen molar-refractivity contribution in [1.82, 2.24) is 5.32 Å². The minimum Gasteiger partial charge on any atom is -0.396 e. The lowest BCUT2D eigenvalue weighted by Crippen LogP contribution is -2.45. The molecule has 15 heavy (non-hydrogen) atoms. The van der Waals surface area contributed by atoms with Crippen molar-refractivity contribution in [3.05, 3.63) is 0 Å². The molecule has 1 unspecified atom stereocenters. The molecule has 0 saturated carbocycles. The predicted octanol–water partition coefficient (Wildman–Crippen LogP) is 0.523. The molecule has 0 aliphatic heterocycles. The molecule has 4 nitrogen and oxygen atoms in total. The zero-order valence-electron chi connectivity index (χ0n) is 10.3. The molecule has 92 valence electrons. The third-order valence-electron chi connectivity index (χ3n) is 2.17. The van der Waals surface area contributed by atoms with Crippen LogP contribution in [0, 0.1) is 0 Å². The summed E-state index contributed by atoms with van der Waals surface area (Å²) in [7, 11) is 0. The molecule has 0 saturated heterocycles. The molecule has 0 aliphatic rings. The SMILES string of the molecule is CC(C)OCC(O)CNC(C)(C)CCO. The number of aliphatic hydroxyl groups is 2. The summed E-state index contributed by atoms with van der Waals surface area (Å²) in [4.78, 5) is 0. The Morgan fingerprint density at radius 3 is 2.40 bits per heavy atom. The van der Waals surface area contributed by atoms with E-state index in [-0.39, 0.29) is 18.2 Å². The van der Waals surface area contributed by atoms with Crippen molar-refractivity contribution >= 4 is 0 Å². The summed E-state index contributed by atoms with van der Waals surface area (Å²) in [5.74, 6) is 0. The van der Waals surface area contributed by atoms with Crippen LogP contribution in [0.5, 0.6) is 0 Å². The first-order valence-electron chi connectivity index (χ1n) is 5.53. The van der Waals surface area contributed by atoms with Crippen LogP contribution in [0.15, 0.2) is 0 Å². The third kappa shape index (κ3) is 8.81. The maximum atomic E-state index is 9.58. The number of rotatable bonds is 8. The fraction of sp³-hybridized carbons (Fsp3) is 1.00. The Balaban J connectivity index is 3.65. The van der Waals surface area contributed by atoms with Gasteiger partial charge in [0.1, 0.15) is 0 Å². The molecule has 4 heteroatoms. The van der Waals surface area contributed by atoms with E-state index >= 15 is 0 Å². The van der Waals surface area contributed by atoms with Gasteiger partial charge in [0, 0.05) is 18.7 Å². The molecule has 1 atom stereocenters. The van der Waals surface area contributed by atoms with Crippen molar-refractivity contribution in [2.75, 3.05) is 19.8 Å². The summed E-state index contributed by atoms with van der Waals surface area (Å²) in [5, 5.41) is 21.6. The molecule has 0 heterocycles. The van der Waals surface area contributed by atoms with Crippen molar-refractivity contribution in [2.24, 2.45) is 0 Å². The molecule has 0 bridgehead atoms. The van der Waals surface area contributed by atoms with Gasteiger partial charge >= 0.3 is 0 Å². The van der Waals surface area contributed by atoms with Gasteiger partial charge < -0.3 is 20.3 Å². The summed E-state index contributed by atoms with van der Waals surface area (Å²) < 4.78 is 5.29. The highest BCUT2D eigenvalue weighted by Crippen LogP contribution is 2.06. The van der Waals surface area contributed by atoms with Crippen LogP contribution in [-0.2, 0) is 4.74 Å². The fourth-order valence-electron chi connectivity index (χ4n) is 1.12. The van der Waals surface area contributed by atoms with E-state index in [0.29, 0.717) is 19.6 Å². The minimum absolute atomic E-state index is 0.144. The molecule has 0 spiro atoms. The lowest BCUT2D eigenvalue weighted by Gasteiger charge is -2.27. The lowest BCUT2D eigenvalue weighted by atomic mass is 10.0. The van der Waals surface area contributed by atoms with Crippen molar-refractivity contribution in [3.8, 4) is 0 Å². The Labute approximate surface area is 92.6 Å². The fourth-order valence-corrected chi connectivity index (χ4v) is 1.12. The van der Waals surface area contributed by atoms with E-state index in [1.807, 2.05) is 27.7 Å². The topological polar surface area (TPSA) is 61.7 Å². The van der Waals surface area contributed by atoms with E-state index < -0.39 is 6.10 Å². The van der Waals surface area contributed by atoms with Crippen LogP contribution < -0.4 is 5.32 Å². The second kappa shape index (κ2) is 7.17. The summed E-state index contributed by atoms with van der Waals surface area (Å²) in [6.45, 7) is 8.86. The molecular formula is C11H25NO3. The number of ether oxygens (including phenoxy) is 1. The number of aliphatic hydroxyl groups excluding tert-OH is 2. The Morgan fingerprint density at radius 1 is 1.33 bits per heavy atom. The van der Waals surface area contributed by atoms with Crippen LogP contribution in [-0.4, -0.2) is 47.7 Å². The van der Waals surface area contributed by atoms with Crippen LogP contribution >= 0.6 is 0 Å². The van der Waals surface area contributed by atoms with Gasteiger partial charge in [-0.15, -0.1) is 0 Å². The molecular weight excluding hydrogens is 194 g/mol. The lowest BCUT2D eigenvalue weighted by molar-refractivity contribution is 0.00356. The van der Waals surface area contributed by atoms with Crippen molar-refractivity contribution in [1.29, 1.82) is 0 Å². The molecule has 0 amide bonds. The van der Waals surface area contributed by atoms with Crippen LogP contribution in [0.1, 0.15) is 34.1 Å². The molecule has 0 aromatic carbocycles. The average Bonchev–Trinajstić information content (AvgIpc) is 2.11. The largest absolute Gasteiger partial charge is 0.396 e. The number of β-amino-alcohol motifs (C(OH)–C–C–N with tert-alkyl or cyclic N) is 1. The number of hydrogen-bond acceptors (Lipinski definition) is 4. The highest BCUT2D eigenvalue weighted by molar-refractivity contribution is 4.78. The molecule has 0 rings (SSSR count). The summed E-state index contributed by atoms with van der Waals surface area (Å²) in [6.07, 6.45) is 0.320. The van der Waals surface area contributed by atoms with Crippen LogP contribution in [0.4, 0.5) is 0 Å². The maximum absolute atomic E-state index is 9.58. The van der Waals surface area contributed by atoms with Crippen LogP contribution in [0.2, 0.25) is 0 Å². The summed E-state index contributed by atoms with van der Waals surface area (Å²) in [6, 6.07) is 0. The molecule has 3 N–H and O–H groups in total. The third-order valence-corrected chi connectivity index (χ3v) is 2.17. The van der Waals surface area contributed by atoms with Gasteiger partial charge in [0.2, 0.25) is 0 Å². The van der Waals surface area contributed by atoms with E-state index in [1.165, 1.54) is 0 Å². The van der Waals surface area contributed by atoms with Gasteiger partial charge in [-0.1, -0.05) is 0 Å². The van der Waals surface area contributed by atoms with Crippen LogP contribution in [0.25, 0.3) is 0 Å². The van der Waals surface area contributed by atoms with Gasteiger partial charge in [0.05, 0.1) is 18.8 Å². The summed E-state index contributed by atoms with van der Waals surface area (Å²) in [5.41, 5.74) is -0.145. The minimum atomic E-state index is -0.495. The molecule has 0 aliphatic carbocycles. The van der Waals surface area contributed by atoms with Crippen molar-refractivity contribution in [2.45, 2.75) is 51.9 Å². The van der Waals surface area contributed by atoms with Gasteiger partial charge in [-0.05, 0) is 34.1 Å². The standard InChI is InChI=1S/C11H25NO3/c1-9(2)15-8-10(14)7-12-11(3,4)5-6-13/h9-10,12-14H,5-8H2,1-4H3. The Hall–Kier alpha value is -0.160. The smallest absolute Gasteiger partial charge is 0.0898 e. The second-order valence-electron chi connectivity index (χ2n) is 4.77. The Morgan fingerprint density at radius 2 is 1.93 bits per heavy atom.